The topological polar surface area (TPSA) is 130 Å². The average molecular weight is 498 g/mol. The Bertz CT molecular complexity index is 1590. The second-order valence-electron chi connectivity index (χ2n) is 8.25. The van der Waals surface area contributed by atoms with Gasteiger partial charge in [-0.15, -0.1) is 0 Å². The number of benzene rings is 3. The minimum Gasteiger partial charge on any atom is -0.454 e. The van der Waals surface area contributed by atoms with Crippen LogP contribution in [0.1, 0.15) is 42.2 Å². The lowest BCUT2D eigenvalue weighted by Gasteiger charge is -2.14. The minimum atomic E-state index is -0.878. The van der Waals surface area contributed by atoms with Crippen LogP contribution in [0.5, 0.6) is 0 Å². The quantitative estimate of drug-likeness (QED) is 0.292. The number of nitrogens with two attached hydrogens (primary N) is 1. The molecule has 0 aliphatic rings. The summed E-state index contributed by atoms with van der Waals surface area (Å²) < 4.78 is 7.01. The molecule has 9 heteroatoms. The van der Waals surface area contributed by atoms with Crippen molar-refractivity contribution in [3.8, 4) is 0 Å². The minimum absolute atomic E-state index is 0.0493. The van der Waals surface area contributed by atoms with E-state index in [0.29, 0.717) is 11.1 Å². The van der Waals surface area contributed by atoms with Gasteiger partial charge >= 0.3 is 11.7 Å². The summed E-state index contributed by atoms with van der Waals surface area (Å²) in [6.45, 7) is -0.708. The SMILES string of the molecule is Cn1c(=O)c(C(=O)COC(=O)c2ccc(C(=O)c3ccccc3)cc2)c(N)n(Cc2ccccc2)c1=O. The third-order valence-electron chi connectivity index (χ3n) is 5.80. The zero-order valence-electron chi connectivity index (χ0n) is 19.9. The van der Waals surface area contributed by atoms with Gasteiger partial charge in [0.05, 0.1) is 12.1 Å². The van der Waals surface area contributed by atoms with Gasteiger partial charge in [-0.3, -0.25) is 23.5 Å². The molecule has 0 fully saturated rings. The molecule has 0 amide bonds. The van der Waals surface area contributed by atoms with Gasteiger partial charge in [-0.25, -0.2) is 9.59 Å². The number of nitrogen functional groups attached to an aromatic ring is 1. The van der Waals surface area contributed by atoms with Crippen LogP contribution in [0.15, 0.2) is 94.5 Å². The maximum Gasteiger partial charge on any atom is 0.338 e. The summed E-state index contributed by atoms with van der Waals surface area (Å²) in [6, 6.07) is 23.4. The van der Waals surface area contributed by atoms with Crippen LogP contribution in [-0.2, 0) is 18.3 Å². The first kappa shape index (κ1) is 25.1. The fraction of sp³-hybridized carbons (Fsp3) is 0.107. The average Bonchev–Trinajstić information content (AvgIpc) is 2.93. The molecule has 0 aliphatic heterocycles. The van der Waals surface area contributed by atoms with Crippen LogP contribution in [0, 0.1) is 0 Å². The van der Waals surface area contributed by atoms with E-state index < -0.39 is 35.2 Å². The van der Waals surface area contributed by atoms with Crippen molar-refractivity contribution in [3.05, 3.63) is 134 Å². The van der Waals surface area contributed by atoms with Crippen molar-refractivity contribution in [2.24, 2.45) is 7.05 Å². The Morgan fingerprint density at radius 3 is 1.95 bits per heavy atom. The van der Waals surface area contributed by atoms with Crippen molar-refractivity contribution in [2.45, 2.75) is 6.54 Å². The molecule has 4 aromatic rings. The van der Waals surface area contributed by atoms with Gasteiger partial charge < -0.3 is 10.5 Å². The van der Waals surface area contributed by atoms with E-state index in [4.69, 9.17) is 10.5 Å². The van der Waals surface area contributed by atoms with Crippen LogP contribution in [-0.4, -0.2) is 33.3 Å². The van der Waals surface area contributed by atoms with Gasteiger partial charge in [-0.1, -0.05) is 72.8 Å². The molecule has 0 spiro atoms. The molecule has 0 saturated heterocycles. The summed E-state index contributed by atoms with van der Waals surface area (Å²) >= 11 is 0. The maximum atomic E-state index is 12.9. The third kappa shape index (κ3) is 5.30. The molecular weight excluding hydrogens is 474 g/mol. The highest BCUT2D eigenvalue weighted by molar-refractivity contribution is 6.09. The first-order valence-corrected chi connectivity index (χ1v) is 11.3. The Morgan fingerprint density at radius 2 is 1.32 bits per heavy atom. The lowest BCUT2D eigenvalue weighted by atomic mass is 10.0. The van der Waals surface area contributed by atoms with Crippen molar-refractivity contribution < 1.29 is 19.1 Å². The first-order valence-electron chi connectivity index (χ1n) is 11.3. The van der Waals surface area contributed by atoms with Crippen LogP contribution >= 0.6 is 0 Å². The number of nitrogens with zero attached hydrogens (tertiary/aromatic N) is 2. The summed E-state index contributed by atoms with van der Waals surface area (Å²) in [5, 5.41) is 0. The number of ether oxygens (including phenoxy) is 1. The van der Waals surface area contributed by atoms with Crippen molar-refractivity contribution >= 4 is 23.4 Å². The number of hydrogen-bond donors (Lipinski definition) is 1. The zero-order valence-corrected chi connectivity index (χ0v) is 19.9. The third-order valence-corrected chi connectivity index (χ3v) is 5.80. The molecule has 0 saturated carbocycles. The number of ketones is 2. The molecule has 186 valence electrons. The van der Waals surface area contributed by atoms with Gasteiger partial charge in [-0.05, 0) is 17.7 Å². The predicted molar refractivity (Wildman–Crippen MR) is 137 cm³/mol. The number of anilines is 1. The van der Waals surface area contributed by atoms with E-state index in [1.165, 1.54) is 31.3 Å². The molecule has 0 unspecified atom stereocenters. The Kier molecular flexibility index (Phi) is 7.24. The normalized spacial score (nSPS) is 10.6. The number of esters is 1. The smallest absolute Gasteiger partial charge is 0.338 e. The van der Waals surface area contributed by atoms with Crippen molar-refractivity contribution in [3.63, 3.8) is 0 Å². The lowest BCUT2D eigenvalue weighted by molar-refractivity contribution is 0.0474. The monoisotopic (exact) mass is 497 g/mol. The van der Waals surface area contributed by atoms with Gasteiger partial charge in [0.1, 0.15) is 11.4 Å². The summed E-state index contributed by atoms with van der Waals surface area (Å²) in [7, 11) is 1.24. The van der Waals surface area contributed by atoms with Crippen molar-refractivity contribution in [1.82, 2.24) is 9.13 Å². The summed E-state index contributed by atoms with van der Waals surface area (Å²) in [6.07, 6.45) is 0. The Balaban J connectivity index is 1.50. The molecule has 3 aromatic carbocycles. The molecule has 1 aromatic heterocycles. The molecule has 0 aliphatic carbocycles. The van der Waals surface area contributed by atoms with Gasteiger partial charge in [0.2, 0.25) is 5.78 Å². The van der Waals surface area contributed by atoms with Crippen LogP contribution in [0.25, 0.3) is 0 Å². The second kappa shape index (κ2) is 10.7. The van der Waals surface area contributed by atoms with Crippen molar-refractivity contribution in [2.75, 3.05) is 12.3 Å². The van der Waals surface area contributed by atoms with Crippen LogP contribution < -0.4 is 17.0 Å². The molecule has 0 radical (unpaired) electrons. The number of carbonyl (C=O) groups excluding carboxylic acids is 3. The molecule has 0 atom stereocenters. The van der Waals surface area contributed by atoms with Gasteiger partial charge in [0.25, 0.3) is 5.56 Å². The predicted octanol–water partition coefficient (Wildman–Crippen LogP) is 2.45. The van der Waals surface area contributed by atoms with E-state index in [0.717, 1.165) is 14.7 Å². The highest BCUT2D eigenvalue weighted by Crippen LogP contribution is 2.13. The van der Waals surface area contributed by atoms with Gasteiger partial charge in [0, 0.05) is 18.2 Å². The van der Waals surface area contributed by atoms with E-state index in [1.807, 2.05) is 6.07 Å². The Labute approximate surface area is 211 Å². The molecule has 1 heterocycles. The highest BCUT2D eigenvalue weighted by Gasteiger charge is 2.23. The summed E-state index contributed by atoms with van der Waals surface area (Å²) in [4.78, 5) is 63.2. The number of carbonyl (C=O) groups is 3. The van der Waals surface area contributed by atoms with Gasteiger partial charge in [-0.2, -0.15) is 0 Å². The molecule has 4 rings (SSSR count). The van der Waals surface area contributed by atoms with Crippen molar-refractivity contribution in [1.29, 1.82) is 0 Å². The fourth-order valence-electron chi connectivity index (χ4n) is 3.76. The fourth-order valence-corrected chi connectivity index (χ4v) is 3.76. The zero-order chi connectivity index (χ0) is 26.5. The molecule has 37 heavy (non-hydrogen) atoms. The number of hydrogen-bond acceptors (Lipinski definition) is 7. The van der Waals surface area contributed by atoms with Crippen LogP contribution in [0.3, 0.4) is 0 Å². The Morgan fingerprint density at radius 1 is 0.784 bits per heavy atom. The number of aromatic nitrogens is 2. The largest absolute Gasteiger partial charge is 0.454 e. The highest BCUT2D eigenvalue weighted by atomic mass is 16.5. The van der Waals surface area contributed by atoms with E-state index in [1.54, 1.807) is 54.6 Å². The standard InChI is InChI=1S/C28H23N3O6/c1-30-26(34)23(25(29)31(28(30)36)16-18-8-4-2-5-9-18)22(32)17-37-27(35)21-14-12-20(13-15-21)24(33)19-10-6-3-7-11-19/h2-15H,16-17,29H2,1H3. The molecule has 0 bridgehead atoms. The number of rotatable bonds is 8. The molecule has 9 nitrogen and oxygen atoms in total. The van der Waals surface area contributed by atoms with E-state index in [-0.39, 0.29) is 23.7 Å². The van der Waals surface area contributed by atoms with E-state index in [2.05, 4.69) is 0 Å². The Hall–Kier alpha value is -5.05. The number of Topliss-reactive ketones (excluding diaryl/α,β-unsaturated/α-hetero) is 1. The summed E-state index contributed by atoms with van der Waals surface area (Å²) in [5.74, 6) is -2.17. The van der Waals surface area contributed by atoms with E-state index >= 15 is 0 Å². The lowest BCUT2D eigenvalue weighted by Crippen LogP contribution is -2.43. The van der Waals surface area contributed by atoms with Crippen LogP contribution in [0.2, 0.25) is 0 Å². The maximum absolute atomic E-state index is 12.9. The van der Waals surface area contributed by atoms with Crippen LogP contribution in [0.4, 0.5) is 5.82 Å². The molecule has 2 N–H and O–H groups in total. The summed E-state index contributed by atoms with van der Waals surface area (Å²) in [5.41, 5.74) is 5.84. The molecular formula is C28H23N3O6. The second-order valence-corrected chi connectivity index (χ2v) is 8.25. The van der Waals surface area contributed by atoms with E-state index in [9.17, 15) is 24.0 Å². The first-order chi connectivity index (χ1) is 17.8. The van der Waals surface area contributed by atoms with Gasteiger partial charge in [0.15, 0.2) is 12.4 Å².